The molecule has 1 saturated heterocycles. The molecule has 9 heteroatoms. The smallest absolute Gasteiger partial charge is 0.330 e. The maximum Gasteiger partial charge on any atom is 0.330 e. The molecule has 2 aromatic carbocycles. The van der Waals surface area contributed by atoms with E-state index in [4.69, 9.17) is 14.2 Å². The molecule has 4 atom stereocenters. The largest absolute Gasteiger partial charge is 0.374 e. The lowest BCUT2D eigenvalue weighted by Gasteiger charge is -2.24. The Morgan fingerprint density at radius 1 is 0.939 bits per heavy atom. The Morgan fingerprint density at radius 3 is 2.18 bits per heavy atom. The Labute approximate surface area is 188 Å². The molecule has 1 N–H and O–H groups in total. The zero-order valence-electron chi connectivity index (χ0n) is 17.7. The van der Waals surface area contributed by atoms with Crippen molar-refractivity contribution in [3.05, 3.63) is 105 Å². The fourth-order valence-electron chi connectivity index (χ4n) is 3.89. The summed E-state index contributed by atoms with van der Waals surface area (Å²) in [5.41, 5.74) is 0.295. The van der Waals surface area contributed by atoms with Crippen LogP contribution in [0.4, 0.5) is 8.78 Å². The van der Waals surface area contributed by atoms with E-state index in [1.807, 2.05) is 60.7 Å². The number of rotatable bonds is 9. The molecule has 4 rings (SSSR count). The maximum absolute atomic E-state index is 14.2. The zero-order chi connectivity index (χ0) is 23.2. The first-order valence-corrected chi connectivity index (χ1v) is 10.5. The van der Waals surface area contributed by atoms with Gasteiger partial charge >= 0.3 is 5.69 Å². The average Bonchev–Trinajstić information content (AvgIpc) is 3.17. The Kier molecular flexibility index (Phi) is 7.43. The fraction of sp³-hybridized carbons (Fsp3) is 0.333. The van der Waals surface area contributed by atoms with Crippen molar-refractivity contribution in [3.8, 4) is 0 Å². The number of benzene rings is 2. The van der Waals surface area contributed by atoms with Crippen molar-refractivity contribution in [1.29, 1.82) is 0 Å². The summed E-state index contributed by atoms with van der Waals surface area (Å²) >= 11 is 0. The van der Waals surface area contributed by atoms with E-state index in [1.54, 1.807) is 0 Å². The maximum atomic E-state index is 14.2. The van der Waals surface area contributed by atoms with E-state index >= 15 is 0 Å². The molecular weight excluding hydrogens is 434 g/mol. The number of nitrogens with zero attached hydrogens (tertiary/aromatic N) is 1. The Morgan fingerprint density at radius 2 is 1.58 bits per heavy atom. The molecule has 0 aliphatic carbocycles. The van der Waals surface area contributed by atoms with Crippen molar-refractivity contribution in [2.24, 2.45) is 5.92 Å². The number of aromatic amines is 1. The van der Waals surface area contributed by atoms with Crippen LogP contribution in [-0.4, -0.2) is 34.8 Å². The summed E-state index contributed by atoms with van der Waals surface area (Å²) in [6, 6.07) is 19.7. The summed E-state index contributed by atoms with van der Waals surface area (Å²) in [5, 5.41) is 0. The molecule has 0 bridgehead atoms. The van der Waals surface area contributed by atoms with E-state index in [0.717, 1.165) is 28.0 Å². The quantitative estimate of drug-likeness (QED) is 0.533. The molecule has 33 heavy (non-hydrogen) atoms. The SMILES string of the molecule is O=c1ccn([C@@H]2O[C@H](COCc3ccccc3)[C@@H](OCc3ccccc3)[C@@H]2C(F)F)c(=O)[nH]1. The van der Waals surface area contributed by atoms with Gasteiger partial charge in [-0.2, -0.15) is 0 Å². The van der Waals surface area contributed by atoms with Crippen LogP contribution in [-0.2, 0) is 27.4 Å². The topological polar surface area (TPSA) is 82.5 Å². The molecule has 1 aromatic heterocycles. The highest BCUT2D eigenvalue weighted by Gasteiger charge is 2.51. The van der Waals surface area contributed by atoms with Crippen molar-refractivity contribution in [1.82, 2.24) is 9.55 Å². The van der Waals surface area contributed by atoms with Crippen LogP contribution in [0, 0.1) is 5.92 Å². The van der Waals surface area contributed by atoms with Gasteiger partial charge in [0.1, 0.15) is 12.3 Å². The van der Waals surface area contributed by atoms with Crippen LogP contribution in [0.3, 0.4) is 0 Å². The molecule has 0 spiro atoms. The van der Waals surface area contributed by atoms with Crippen LogP contribution in [0.5, 0.6) is 0 Å². The number of halogens is 2. The number of nitrogens with one attached hydrogen (secondary N) is 1. The van der Waals surface area contributed by atoms with E-state index in [9.17, 15) is 18.4 Å². The van der Waals surface area contributed by atoms with Crippen LogP contribution in [0.2, 0.25) is 0 Å². The highest BCUT2D eigenvalue weighted by molar-refractivity contribution is 5.14. The number of aromatic nitrogens is 2. The first kappa shape index (κ1) is 23.0. The number of ether oxygens (including phenoxy) is 3. The van der Waals surface area contributed by atoms with Gasteiger partial charge in [0.05, 0.1) is 31.8 Å². The summed E-state index contributed by atoms with van der Waals surface area (Å²) in [6.07, 6.45) is -4.89. The third kappa shape index (κ3) is 5.62. The molecular formula is C24H24F2N2O5. The minimum absolute atomic E-state index is 0.00776. The third-order valence-corrected chi connectivity index (χ3v) is 5.48. The minimum atomic E-state index is -2.84. The van der Waals surface area contributed by atoms with Gasteiger partial charge in [0, 0.05) is 12.3 Å². The second kappa shape index (κ2) is 10.7. The monoisotopic (exact) mass is 458 g/mol. The van der Waals surface area contributed by atoms with Gasteiger partial charge in [-0.1, -0.05) is 60.7 Å². The third-order valence-electron chi connectivity index (χ3n) is 5.48. The first-order chi connectivity index (χ1) is 16.0. The van der Waals surface area contributed by atoms with E-state index in [0.29, 0.717) is 0 Å². The molecule has 0 saturated carbocycles. The molecule has 7 nitrogen and oxygen atoms in total. The summed E-state index contributed by atoms with van der Waals surface area (Å²) in [6.45, 7) is 0.363. The number of hydrogen-bond donors (Lipinski definition) is 1. The number of H-pyrrole nitrogens is 1. The van der Waals surface area contributed by atoms with E-state index in [1.165, 1.54) is 0 Å². The summed E-state index contributed by atoms with van der Waals surface area (Å²) in [4.78, 5) is 25.8. The van der Waals surface area contributed by atoms with Gasteiger partial charge in [-0.05, 0) is 11.1 Å². The van der Waals surface area contributed by atoms with Crippen LogP contribution < -0.4 is 11.2 Å². The van der Waals surface area contributed by atoms with Crippen LogP contribution in [0.1, 0.15) is 17.4 Å². The van der Waals surface area contributed by atoms with Gasteiger partial charge in [0.15, 0.2) is 0 Å². The standard InChI is InChI=1S/C24H24F2N2O5/c25-22(26)20-21(32-14-17-9-5-2-6-10-17)18(15-31-13-16-7-3-1-4-8-16)33-23(20)28-12-11-19(29)27-24(28)30/h1-12,18,20-23H,13-15H2,(H,27,29,30)/t18-,20-,21-,23-/m1/s1. The summed E-state index contributed by atoms with van der Waals surface area (Å²) in [7, 11) is 0. The predicted molar refractivity (Wildman–Crippen MR) is 116 cm³/mol. The Bertz CT molecular complexity index is 1140. The zero-order valence-corrected chi connectivity index (χ0v) is 17.7. The molecule has 2 heterocycles. The average molecular weight is 458 g/mol. The Hall–Kier alpha value is -3.14. The van der Waals surface area contributed by atoms with Gasteiger partial charge in [0.25, 0.3) is 5.56 Å². The van der Waals surface area contributed by atoms with E-state index in [-0.39, 0.29) is 19.8 Å². The molecule has 0 unspecified atom stereocenters. The second-order valence-electron chi connectivity index (χ2n) is 7.76. The molecule has 1 aliphatic heterocycles. The highest BCUT2D eigenvalue weighted by Crippen LogP contribution is 2.40. The van der Waals surface area contributed by atoms with Crippen molar-refractivity contribution in [2.45, 2.75) is 38.1 Å². The first-order valence-electron chi connectivity index (χ1n) is 10.5. The molecule has 3 aromatic rings. The summed E-state index contributed by atoms with van der Waals surface area (Å²) in [5.74, 6) is -1.44. The van der Waals surface area contributed by atoms with Gasteiger partial charge in [-0.25, -0.2) is 13.6 Å². The Balaban J connectivity index is 1.56. The lowest BCUT2D eigenvalue weighted by molar-refractivity contribution is -0.0834. The minimum Gasteiger partial charge on any atom is -0.374 e. The molecule has 0 radical (unpaired) electrons. The van der Waals surface area contributed by atoms with Crippen LogP contribution >= 0.6 is 0 Å². The van der Waals surface area contributed by atoms with Crippen LogP contribution in [0.15, 0.2) is 82.5 Å². The van der Waals surface area contributed by atoms with E-state index < -0.39 is 42.0 Å². The van der Waals surface area contributed by atoms with Crippen molar-refractivity contribution in [2.75, 3.05) is 6.61 Å². The van der Waals surface area contributed by atoms with Crippen LogP contribution in [0.25, 0.3) is 0 Å². The second-order valence-corrected chi connectivity index (χ2v) is 7.76. The molecule has 174 valence electrons. The molecule has 1 aliphatic rings. The van der Waals surface area contributed by atoms with Crippen molar-refractivity contribution in [3.63, 3.8) is 0 Å². The number of hydrogen-bond acceptors (Lipinski definition) is 5. The highest BCUT2D eigenvalue weighted by atomic mass is 19.3. The normalized spacial score (nSPS) is 22.6. The lowest BCUT2D eigenvalue weighted by atomic mass is 9.99. The molecule has 0 amide bonds. The summed E-state index contributed by atoms with van der Waals surface area (Å²) < 4.78 is 47.0. The van der Waals surface area contributed by atoms with Gasteiger partial charge in [-0.15, -0.1) is 0 Å². The van der Waals surface area contributed by atoms with Gasteiger partial charge < -0.3 is 14.2 Å². The van der Waals surface area contributed by atoms with Gasteiger partial charge in [0.2, 0.25) is 6.43 Å². The predicted octanol–water partition coefficient (Wildman–Crippen LogP) is 3.12. The molecule has 1 fully saturated rings. The van der Waals surface area contributed by atoms with Crippen molar-refractivity contribution < 1.29 is 23.0 Å². The van der Waals surface area contributed by atoms with Crippen molar-refractivity contribution >= 4 is 0 Å². The fourth-order valence-corrected chi connectivity index (χ4v) is 3.89. The number of alkyl halides is 2. The van der Waals surface area contributed by atoms with E-state index in [2.05, 4.69) is 4.98 Å². The lowest BCUT2D eigenvalue weighted by Crippen LogP contribution is -2.39. The van der Waals surface area contributed by atoms with Gasteiger partial charge in [-0.3, -0.25) is 14.3 Å².